The number of hydrogen-bond donors (Lipinski definition) is 4. The van der Waals surface area contributed by atoms with E-state index in [1.807, 2.05) is 0 Å². The summed E-state index contributed by atoms with van der Waals surface area (Å²) in [5.41, 5.74) is 3.21. The van der Waals surface area contributed by atoms with Gasteiger partial charge in [-0.2, -0.15) is 8.42 Å². The Morgan fingerprint density at radius 3 is 2.10 bits per heavy atom. The molecule has 0 bridgehead atoms. The van der Waals surface area contributed by atoms with E-state index in [0.29, 0.717) is 23.3 Å². The molecule has 1 heterocycles. The fraction of sp³-hybridized carbons (Fsp3) is 0.0714. The van der Waals surface area contributed by atoms with Crippen molar-refractivity contribution in [1.82, 2.24) is 15.3 Å². The number of nitrogens with one attached hydrogen (secondary N) is 4. The Balaban J connectivity index is 1.19. The molecule has 12 heteroatoms. The van der Waals surface area contributed by atoms with Crippen molar-refractivity contribution in [2.45, 2.75) is 18.0 Å². The first-order chi connectivity index (χ1) is 19.2. The first-order valence-corrected chi connectivity index (χ1v) is 13.5. The lowest BCUT2D eigenvalue weighted by molar-refractivity contribution is 0.251. The summed E-state index contributed by atoms with van der Waals surface area (Å²) in [6.45, 7) is 0.632. The lowest BCUT2D eigenvalue weighted by atomic mass is 10.2. The van der Waals surface area contributed by atoms with Gasteiger partial charge in [0.25, 0.3) is 0 Å². The molecule has 0 unspecified atom stereocenters. The third-order valence-electron chi connectivity index (χ3n) is 5.81. The number of anilines is 2. The monoisotopic (exact) mass is 563 g/mol. The minimum atomic E-state index is -4.13. The van der Waals surface area contributed by atoms with E-state index in [-0.39, 0.29) is 34.8 Å². The molecule has 0 aliphatic heterocycles. The second-order valence-electron chi connectivity index (χ2n) is 8.74. The molecule has 0 radical (unpaired) electrons. The highest BCUT2D eigenvalue weighted by molar-refractivity contribution is 7.87. The number of aromatic amines is 1. The number of carbonyl (C=O) groups excluding carboxylic acids is 1. The molecule has 0 saturated heterocycles. The number of carbonyl (C=O) groups is 1. The summed E-state index contributed by atoms with van der Waals surface area (Å²) in [5.74, 6) is -0.474. The second kappa shape index (κ2) is 11.4. The van der Waals surface area contributed by atoms with Crippen LogP contribution in [0.4, 0.5) is 25.2 Å². The number of benzene rings is 4. The summed E-state index contributed by atoms with van der Waals surface area (Å²) in [5, 5.41) is 8.35. The smallest absolute Gasteiger partial charge is 0.339 e. The van der Waals surface area contributed by atoms with Gasteiger partial charge < -0.3 is 19.8 Å². The van der Waals surface area contributed by atoms with Crippen molar-refractivity contribution in [3.63, 3.8) is 0 Å². The molecule has 0 aliphatic rings. The number of hydrogen-bond acceptors (Lipinski definition) is 6. The first kappa shape index (κ1) is 26.6. The molecule has 1 aromatic heterocycles. The summed E-state index contributed by atoms with van der Waals surface area (Å²) in [7, 11) is -4.13. The topological polar surface area (TPSA) is 125 Å². The molecule has 0 aliphatic carbocycles. The molecular formula is C28H23F2N5O4S. The van der Waals surface area contributed by atoms with Gasteiger partial charge in [-0.3, -0.25) is 5.32 Å². The van der Waals surface area contributed by atoms with E-state index in [1.165, 1.54) is 48.5 Å². The molecule has 2 amide bonds. The largest absolute Gasteiger partial charge is 0.381 e. The van der Waals surface area contributed by atoms with E-state index >= 15 is 0 Å². The summed E-state index contributed by atoms with van der Waals surface area (Å²) in [6.07, 6.45) is 0. The van der Waals surface area contributed by atoms with Crippen molar-refractivity contribution in [3.05, 3.63) is 114 Å². The minimum Gasteiger partial charge on any atom is -0.381 e. The minimum absolute atomic E-state index is 0.0373. The third kappa shape index (κ3) is 6.72. The van der Waals surface area contributed by atoms with E-state index < -0.39 is 16.1 Å². The molecule has 40 heavy (non-hydrogen) atoms. The van der Waals surface area contributed by atoms with Gasteiger partial charge in [-0.05, 0) is 71.8 Å². The van der Waals surface area contributed by atoms with Gasteiger partial charge in [0, 0.05) is 24.8 Å². The van der Waals surface area contributed by atoms with Crippen LogP contribution in [0.25, 0.3) is 11.0 Å². The Labute approximate surface area is 228 Å². The fourth-order valence-electron chi connectivity index (χ4n) is 3.76. The predicted octanol–water partition coefficient (Wildman–Crippen LogP) is 5.54. The van der Waals surface area contributed by atoms with E-state index in [1.54, 1.807) is 42.5 Å². The Morgan fingerprint density at radius 1 is 0.825 bits per heavy atom. The van der Waals surface area contributed by atoms with Crippen LogP contribution in [0.15, 0.2) is 95.9 Å². The summed E-state index contributed by atoms with van der Waals surface area (Å²) in [6, 6.07) is 21.8. The highest BCUT2D eigenvalue weighted by Crippen LogP contribution is 2.25. The highest BCUT2D eigenvalue weighted by atomic mass is 32.2. The fourth-order valence-corrected chi connectivity index (χ4v) is 4.68. The van der Waals surface area contributed by atoms with Crippen LogP contribution in [0.2, 0.25) is 0 Å². The zero-order valence-corrected chi connectivity index (χ0v) is 21.6. The Hall–Kier alpha value is -4.97. The lowest BCUT2D eigenvalue weighted by Crippen LogP contribution is -2.28. The summed E-state index contributed by atoms with van der Waals surface area (Å²) < 4.78 is 57.0. The summed E-state index contributed by atoms with van der Waals surface area (Å²) >= 11 is 0. The highest BCUT2D eigenvalue weighted by Gasteiger charge is 2.17. The van der Waals surface area contributed by atoms with Crippen molar-refractivity contribution in [3.8, 4) is 5.75 Å². The molecule has 5 rings (SSSR count). The Kier molecular flexibility index (Phi) is 7.60. The maximum absolute atomic E-state index is 13.1. The number of nitrogens with zero attached hydrogens (tertiary/aromatic N) is 1. The molecule has 9 nitrogen and oxygen atoms in total. The average Bonchev–Trinajstić information content (AvgIpc) is 3.34. The standard InChI is InChI=1S/C28H23F2N5O4S/c29-20-5-1-18(2-6-20)16-31-22-9-12-24(13-10-22)40(37,38)39-23-11-14-25-26(15-23)34-27(33-25)35-28(36)32-17-19-3-7-21(30)8-4-19/h1-15,31H,16-17H2,(H3,32,33,34,35,36). The Bertz CT molecular complexity index is 1740. The number of H-pyrrole nitrogens is 1. The van der Waals surface area contributed by atoms with Crippen molar-refractivity contribution >= 4 is 38.8 Å². The van der Waals surface area contributed by atoms with E-state index in [2.05, 4.69) is 25.9 Å². The zero-order chi connectivity index (χ0) is 28.1. The molecule has 0 atom stereocenters. The zero-order valence-electron chi connectivity index (χ0n) is 20.8. The molecular weight excluding hydrogens is 540 g/mol. The van der Waals surface area contributed by atoms with E-state index in [4.69, 9.17) is 4.18 Å². The van der Waals surface area contributed by atoms with E-state index in [9.17, 15) is 22.0 Å². The molecule has 5 aromatic rings. The van der Waals surface area contributed by atoms with Gasteiger partial charge in [-0.1, -0.05) is 24.3 Å². The van der Waals surface area contributed by atoms with E-state index in [0.717, 1.165) is 11.1 Å². The maximum Gasteiger partial charge on any atom is 0.339 e. The number of aromatic nitrogens is 2. The van der Waals surface area contributed by atoms with Gasteiger partial charge in [0.2, 0.25) is 5.95 Å². The van der Waals surface area contributed by atoms with Gasteiger partial charge in [-0.25, -0.2) is 18.6 Å². The van der Waals surface area contributed by atoms with Crippen LogP contribution in [-0.2, 0) is 23.2 Å². The van der Waals surface area contributed by atoms with Crippen LogP contribution in [-0.4, -0.2) is 24.4 Å². The van der Waals surface area contributed by atoms with Crippen LogP contribution < -0.4 is 20.1 Å². The molecule has 0 spiro atoms. The van der Waals surface area contributed by atoms with Crippen molar-refractivity contribution in [2.75, 3.05) is 10.6 Å². The van der Waals surface area contributed by atoms with Crippen LogP contribution in [0, 0.1) is 11.6 Å². The number of amides is 2. The number of halogens is 2. The molecule has 204 valence electrons. The SMILES string of the molecule is O=C(NCc1ccc(F)cc1)Nc1nc2ccc(OS(=O)(=O)c3ccc(NCc4ccc(F)cc4)cc3)cc2[nH]1. The van der Waals surface area contributed by atoms with Gasteiger partial charge in [0.1, 0.15) is 22.3 Å². The van der Waals surface area contributed by atoms with Crippen LogP contribution >= 0.6 is 0 Å². The van der Waals surface area contributed by atoms with Gasteiger partial charge in [-0.15, -0.1) is 0 Å². The molecule has 4 N–H and O–H groups in total. The predicted molar refractivity (Wildman–Crippen MR) is 146 cm³/mol. The number of urea groups is 1. The maximum atomic E-state index is 13.1. The third-order valence-corrected chi connectivity index (χ3v) is 7.07. The Morgan fingerprint density at radius 2 is 1.45 bits per heavy atom. The van der Waals surface area contributed by atoms with Crippen molar-refractivity contribution < 1.29 is 26.2 Å². The van der Waals surface area contributed by atoms with Crippen molar-refractivity contribution in [1.29, 1.82) is 0 Å². The van der Waals surface area contributed by atoms with Crippen molar-refractivity contribution in [2.24, 2.45) is 0 Å². The molecule has 0 saturated carbocycles. The number of fused-ring (bicyclic) bond motifs is 1. The molecule has 4 aromatic carbocycles. The normalized spacial score (nSPS) is 11.2. The number of imidazole rings is 1. The average molecular weight is 564 g/mol. The van der Waals surface area contributed by atoms with Gasteiger partial charge in [0.05, 0.1) is 11.0 Å². The first-order valence-electron chi connectivity index (χ1n) is 12.1. The van der Waals surface area contributed by atoms with Crippen LogP contribution in [0.1, 0.15) is 11.1 Å². The van der Waals surface area contributed by atoms with Crippen LogP contribution in [0.5, 0.6) is 5.75 Å². The van der Waals surface area contributed by atoms with Gasteiger partial charge >= 0.3 is 16.1 Å². The quantitative estimate of drug-likeness (QED) is 0.175. The van der Waals surface area contributed by atoms with Crippen LogP contribution in [0.3, 0.4) is 0 Å². The van der Waals surface area contributed by atoms with Gasteiger partial charge in [0.15, 0.2) is 0 Å². The summed E-state index contributed by atoms with van der Waals surface area (Å²) in [4.78, 5) is 19.3. The second-order valence-corrected chi connectivity index (χ2v) is 10.3. The lowest BCUT2D eigenvalue weighted by Gasteiger charge is -2.09. The number of rotatable bonds is 9. The molecule has 0 fully saturated rings.